The maximum Gasteiger partial charge on any atom is 0.172 e. The number of fused-ring (bicyclic) bond motifs is 6. The summed E-state index contributed by atoms with van der Waals surface area (Å²) in [6, 6.07) is 44.4. The lowest BCUT2D eigenvalue weighted by Gasteiger charge is -2.31. The highest BCUT2D eigenvalue weighted by molar-refractivity contribution is 7.85. The van der Waals surface area contributed by atoms with Gasteiger partial charge in [0.1, 0.15) is 23.0 Å². The third-order valence-corrected chi connectivity index (χ3v) is 15.7. The summed E-state index contributed by atoms with van der Waals surface area (Å²) in [6.45, 7) is 4.22. The third kappa shape index (κ3) is 6.03. The van der Waals surface area contributed by atoms with E-state index >= 15 is 4.57 Å². The van der Waals surface area contributed by atoms with E-state index in [9.17, 15) is 0 Å². The molecule has 7 aromatic carbocycles. The van der Waals surface area contributed by atoms with Crippen LogP contribution >= 0.6 is 7.14 Å². The summed E-state index contributed by atoms with van der Waals surface area (Å²) in [7, 11) is 3.00. The summed E-state index contributed by atoms with van der Waals surface area (Å²) in [5.74, 6) is 2.93. The molecule has 2 aliphatic carbocycles. The molecule has 0 atom stereocenters. The van der Waals surface area contributed by atoms with Crippen LogP contribution in [0.25, 0.3) is 22.3 Å². The minimum Gasteiger partial charge on any atom is -0.496 e. The second kappa shape index (κ2) is 15.0. The molecule has 0 unspecified atom stereocenters. The smallest absolute Gasteiger partial charge is 0.172 e. The molecule has 0 fully saturated rings. The molecular weight excluding hydrogens is 736 g/mol. The Kier molecular flexibility index (Phi) is 9.74. The lowest BCUT2D eigenvalue weighted by molar-refractivity contribution is 0.386. The van der Waals surface area contributed by atoms with E-state index in [1.807, 2.05) is 36.4 Å². The Morgan fingerprint density at radius 2 is 0.914 bits per heavy atom. The van der Waals surface area contributed by atoms with Gasteiger partial charge in [-0.05, 0) is 118 Å². The highest BCUT2D eigenvalue weighted by Crippen LogP contribution is 2.54. The summed E-state index contributed by atoms with van der Waals surface area (Å²) in [6.07, 6.45) is 2.28. The second-order valence-electron chi connectivity index (χ2n) is 15.4. The van der Waals surface area contributed by atoms with Crippen molar-refractivity contribution in [3.8, 4) is 45.3 Å². The fraction of sp³-hybridized carbons (Fsp3) is 0.192. The van der Waals surface area contributed by atoms with E-state index in [1.165, 1.54) is 22.3 Å². The van der Waals surface area contributed by atoms with Gasteiger partial charge in [0.15, 0.2) is 7.14 Å². The maximum atomic E-state index is 18.1. The first-order chi connectivity index (χ1) is 28.3. The zero-order valence-corrected chi connectivity index (χ0v) is 34.8. The van der Waals surface area contributed by atoms with Crippen LogP contribution in [0.1, 0.15) is 55.6 Å². The molecule has 0 amide bonds. The number of ether oxygens (including phenoxy) is 4. The fourth-order valence-corrected chi connectivity index (χ4v) is 13.5. The van der Waals surface area contributed by atoms with Crippen LogP contribution in [0.3, 0.4) is 0 Å². The van der Waals surface area contributed by atoms with Crippen LogP contribution in [0.4, 0.5) is 0 Å². The van der Waals surface area contributed by atoms with Gasteiger partial charge < -0.3 is 23.5 Å². The lowest BCUT2D eigenvalue weighted by Crippen LogP contribution is -2.35. The topological polar surface area (TPSA) is 54.0 Å². The van der Waals surface area contributed by atoms with Gasteiger partial charge in [0.25, 0.3) is 0 Å². The normalized spacial score (nSPS) is 12.4. The average Bonchev–Trinajstić information content (AvgIpc) is 3.82. The number of aryl methyl sites for hydroxylation is 2. The number of hydrogen-bond donors (Lipinski definition) is 0. The molecule has 5 nitrogen and oxygen atoms in total. The van der Waals surface area contributed by atoms with Gasteiger partial charge in [-0.1, -0.05) is 103 Å². The van der Waals surface area contributed by atoms with E-state index in [1.54, 1.807) is 28.4 Å². The Morgan fingerprint density at radius 1 is 0.483 bits per heavy atom. The molecular formula is C52H47O5P. The molecule has 58 heavy (non-hydrogen) atoms. The van der Waals surface area contributed by atoms with Gasteiger partial charge in [-0.25, -0.2) is 0 Å². The van der Waals surface area contributed by atoms with Crippen LogP contribution in [0.2, 0.25) is 0 Å². The van der Waals surface area contributed by atoms with E-state index in [4.69, 9.17) is 18.9 Å². The molecule has 0 bridgehead atoms. The number of methoxy groups -OCH3 is 4. The van der Waals surface area contributed by atoms with Gasteiger partial charge in [0.05, 0.1) is 28.4 Å². The van der Waals surface area contributed by atoms with Crippen molar-refractivity contribution >= 4 is 23.1 Å². The molecule has 2 aliphatic rings. The zero-order valence-electron chi connectivity index (χ0n) is 33.9. The Labute approximate surface area is 341 Å². The highest BCUT2D eigenvalue weighted by atomic mass is 31.2. The molecule has 0 aromatic heterocycles. The van der Waals surface area contributed by atoms with Gasteiger partial charge in [0.2, 0.25) is 0 Å². The minimum atomic E-state index is -3.79. The van der Waals surface area contributed by atoms with Gasteiger partial charge in [-0.15, -0.1) is 0 Å². The van der Waals surface area contributed by atoms with Gasteiger partial charge >= 0.3 is 0 Å². The zero-order chi connectivity index (χ0) is 40.1. The molecule has 0 spiro atoms. The molecule has 0 radical (unpaired) electrons. The average molecular weight is 783 g/mol. The standard InChI is InChI=1S/C52H47O5P/c1-32-21-22-33(2)50(27-32)58(53,51-36(30-44-46(54-3)17-11-18-47(44)55-4)23-25-40-38-15-9-7-13-34(38)28-42(40)51)52-37(31-45-48(56-5)19-12-20-49(45)57-6)24-26-41-39-16-10-8-14-35(39)29-43(41)52/h7-27H,28-31H2,1-6H3. The van der Waals surface area contributed by atoms with Crippen LogP contribution < -0.4 is 34.9 Å². The van der Waals surface area contributed by atoms with Crippen LogP contribution in [-0.2, 0) is 30.2 Å². The lowest BCUT2D eigenvalue weighted by atomic mass is 9.97. The summed E-state index contributed by atoms with van der Waals surface area (Å²) < 4.78 is 42.1. The largest absolute Gasteiger partial charge is 0.496 e. The molecule has 7 aromatic rings. The highest BCUT2D eigenvalue weighted by Gasteiger charge is 2.43. The first-order valence-electron chi connectivity index (χ1n) is 19.8. The molecule has 0 heterocycles. The number of hydrogen-bond acceptors (Lipinski definition) is 5. The van der Waals surface area contributed by atoms with Crippen LogP contribution in [0.5, 0.6) is 23.0 Å². The Morgan fingerprint density at radius 3 is 1.34 bits per heavy atom. The van der Waals surface area contributed by atoms with Crippen LogP contribution in [-0.4, -0.2) is 28.4 Å². The van der Waals surface area contributed by atoms with Crippen molar-refractivity contribution in [2.24, 2.45) is 0 Å². The first kappa shape index (κ1) is 37.5. The van der Waals surface area contributed by atoms with Crippen molar-refractivity contribution in [2.75, 3.05) is 28.4 Å². The predicted octanol–water partition coefficient (Wildman–Crippen LogP) is 10.3. The minimum absolute atomic E-state index is 0.464. The first-order valence-corrected chi connectivity index (χ1v) is 21.5. The molecule has 9 rings (SSSR count). The van der Waals surface area contributed by atoms with Gasteiger partial charge in [0, 0.05) is 39.9 Å². The molecule has 290 valence electrons. The summed E-state index contributed by atoms with van der Waals surface area (Å²) in [4.78, 5) is 0. The van der Waals surface area contributed by atoms with Crippen molar-refractivity contribution in [3.63, 3.8) is 0 Å². The Bertz CT molecular complexity index is 2590. The monoisotopic (exact) mass is 782 g/mol. The van der Waals surface area contributed by atoms with Crippen molar-refractivity contribution < 1.29 is 23.5 Å². The maximum absolute atomic E-state index is 18.1. The quantitative estimate of drug-likeness (QED) is 0.122. The Balaban J connectivity index is 1.43. The molecule has 0 N–H and O–H groups in total. The number of benzene rings is 7. The summed E-state index contributed by atoms with van der Waals surface area (Å²) in [5.41, 5.74) is 15.2. The molecule has 0 saturated heterocycles. The second-order valence-corrected chi connectivity index (χ2v) is 18.0. The number of rotatable bonds is 11. The van der Waals surface area contributed by atoms with Crippen molar-refractivity contribution in [1.29, 1.82) is 0 Å². The predicted molar refractivity (Wildman–Crippen MR) is 236 cm³/mol. The fourth-order valence-electron chi connectivity index (χ4n) is 9.55. The van der Waals surface area contributed by atoms with Crippen molar-refractivity contribution in [3.05, 3.63) is 183 Å². The molecule has 0 saturated carbocycles. The van der Waals surface area contributed by atoms with E-state index in [2.05, 4.69) is 105 Å². The van der Waals surface area contributed by atoms with E-state index < -0.39 is 7.14 Å². The van der Waals surface area contributed by atoms with E-state index in [-0.39, 0.29) is 0 Å². The van der Waals surface area contributed by atoms with E-state index in [0.717, 1.165) is 94.5 Å². The van der Waals surface area contributed by atoms with Gasteiger partial charge in [-0.3, -0.25) is 0 Å². The van der Waals surface area contributed by atoms with Crippen molar-refractivity contribution in [1.82, 2.24) is 0 Å². The summed E-state index contributed by atoms with van der Waals surface area (Å²) in [5, 5.41) is 2.67. The summed E-state index contributed by atoms with van der Waals surface area (Å²) >= 11 is 0. The SMILES string of the molecule is COc1cccc(OC)c1Cc1ccc2c(c1P(=O)(c1cc(C)ccc1C)c1c(Cc3c(OC)cccc3OC)ccc3c1Cc1ccccc1-3)Cc1ccccc1-2. The van der Waals surface area contributed by atoms with Crippen LogP contribution in [0, 0.1) is 13.8 Å². The van der Waals surface area contributed by atoms with E-state index in [0.29, 0.717) is 25.7 Å². The van der Waals surface area contributed by atoms with Crippen molar-refractivity contribution in [2.45, 2.75) is 39.5 Å². The Hall–Kier alpha value is -6.03. The third-order valence-electron chi connectivity index (χ3n) is 12.2. The molecule has 0 aliphatic heterocycles. The van der Waals surface area contributed by atoms with Crippen LogP contribution in [0.15, 0.2) is 127 Å². The van der Waals surface area contributed by atoms with Gasteiger partial charge in [-0.2, -0.15) is 0 Å². The molecule has 6 heteroatoms.